The predicted molar refractivity (Wildman–Crippen MR) is 120 cm³/mol. The summed E-state index contributed by atoms with van der Waals surface area (Å²) in [6, 6.07) is 6.97. The topological polar surface area (TPSA) is 91.6 Å². The molecule has 0 unspecified atom stereocenters. The Balaban J connectivity index is 1.74. The number of aromatic nitrogens is 2. The molecule has 2 heterocycles. The summed E-state index contributed by atoms with van der Waals surface area (Å²) in [5.41, 5.74) is 0.862. The van der Waals surface area contributed by atoms with E-state index in [1.807, 2.05) is 0 Å². The Kier molecular flexibility index (Phi) is 6.24. The van der Waals surface area contributed by atoms with E-state index in [-0.39, 0.29) is 31.2 Å². The second-order valence-electron chi connectivity index (χ2n) is 7.49. The number of methoxy groups -OCH3 is 2. The summed E-state index contributed by atoms with van der Waals surface area (Å²) in [6.07, 6.45) is 3.82. The highest BCUT2D eigenvalue weighted by molar-refractivity contribution is 7.18. The van der Waals surface area contributed by atoms with E-state index in [0.29, 0.717) is 21.7 Å². The van der Waals surface area contributed by atoms with Crippen LogP contribution >= 0.6 is 11.3 Å². The highest BCUT2D eigenvalue weighted by Crippen LogP contribution is 2.34. The van der Waals surface area contributed by atoms with Gasteiger partial charge in [-0.15, -0.1) is 11.3 Å². The van der Waals surface area contributed by atoms with Gasteiger partial charge in [0.05, 0.1) is 25.6 Å². The third-order valence-corrected chi connectivity index (χ3v) is 6.83. The molecule has 4 rings (SSSR count). The molecule has 3 aromatic rings. The summed E-state index contributed by atoms with van der Waals surface area (Å²) in [6.45, 7) is 0.216. The number of nitrogens with one attached hydrogen (secondary N) is 1. The number of aryl methyl sites for hydroxylation is 2. The van der Waals surface area contributed by atoms with Crippen LogP contribution in [0, 0.1) is 0 Å². The van der Waals surface area contributed by atoms with Crippen LogP contribution in [0.15, 0.2) is 33.9 Å². The molecular weight excluding hydrogens is 418 g/mol. The largest absolute Gasteiger partial charge is 0.497 e. The minimum atomic E-state index is -0.488. The van der Waals surface area contributed by atoms with Gasteiger partial charge in [0.25, 0.3) is 5.56 Å². The second kappa shape index (κ2) is 9.07. The molecule has 1 aliphatic carbocycles. The van der Waals surface area contributed by atoms with Crippen LogP contribution in [0.3, 0.4) is 0 Å². The average molecular weight is 444 g/mol. The lowest BCUT2D eigenvalue weighted by Crippen LogP contribution is -2.42. The van der Waals surface area contributed by atoms with Crippen molar-refractivity contribution in [3.63, 3.8) is 0 Å². The Bertz CT molecular complexity index is 1220. The quantitative estimate of drug-likeness (QED) is 0.606. The molecule has 164 valence electrons. The maximum atomic E-state index is 13.2. The Labute approximate surface area is 183 Å². The molecule has 31 heavy (non-hydrogen) atoms. The fraction of sp³-hybridized carbons (Fsp3) is 0.409. The second-order valence-corrected chi connectivity index (χ2v) is 8.57. The Morgan fingerprint density at radius 2 is 1.84 bits per heavy atom. The van der Waals surface area contributed by atoms with E-state index in [9.17, 15) is 14.4 Å². The predicted octanol–water partition coefficient (Wildman–Crippen LogP) is 2.40. The number of carbonyl (C=O) groups is 1. The van der Waals surface area contributed by atoms with Crippen molar-refractivity contribution in [3.8, 4) is 5.75 Å². The Morgan fingerprint density at radius 1 is 1.10 bits per heavy atom. The first-order chi connectivity index (χ1) is 15.0. The van der Waals surface area contributed by atoms with Crippen LogP contribution in [0.4, 0.5) is 5.69 Å². The van der Waals surface area contributed by atoms with Gasteiger partial charge in [0.2, 0.25) is 5.91 Å². The smallest absolute Gasteiger partial charge is 0.332 e. The maximum Gasteiger partial charge on any atom is 0.332 e. The van der Waals surface area contributed by atoms with E-state index >= 15 is 0 Å². The number of nitrogens with zero attached hydrogens (tertiary/aromatic N) is 2. The number of amides is 1. The van der Waals surface area contributed by atoms with Gasteiger partial charge in [-0.2, -0.15) is 0 Å². The highest BCUT2D eigenvalue weighted by atomic mass is 32.1. The average Bonchev–Trinajstić information content (AvgIpc) is 3.17. The third kappa shape index (κ3) is 4.15. The molecule has 0 bridgehead atoms. The van der Waals surface area contributed by atoms with Crippen molar-refractivity contribution in [1.29, 1.82) is 0 Å². The zero-order valence-corrected chi connectivity index (χ0v) is 18.4. The molecule has 1 aliphatic rings. The van der Waals surface area contributed by atoms with Gasteiger partial charge in [-0.25, -0.2) is 4.79 Å². The molecule has 0 saturated carbocycles. The van der Waals surface area contributed by atoms with Crippen molar-refractivity contribution in [2.75, 3.05) is 26.1 Å². The molecule has 0 spiro atoms. The fourth-order valence-electron chi connectivity index (χ4n) is 3.95. The van der Waals surface area contributed by atoms with Gasteiger partial charge in [0, 0.05) is 17.7 Å². The first-order valence-corrected chi connectivity index (χ1v) is 11.1. The number of hydrogen-bond acceptors (Lipinski definition) is 6. The summed E-state index contributed by atoms with van der Waals surface area (Å²) in [7, 11) is 3.10. The van der Waals surface area contributed by atoms with Gasteiger partial charge in [-0.3, -0.25) is 18.7 Å². The summed E-state index contributed by atoms with van der Waals surface area (Å²) in [5, 5.41) is 3.39. The fourth-order valence-corrected chi connectivity index (χ4v) is 5.33. The van der Waals surface area contributed by atoms with Gasteiger partial charge in [0.1, 0.15) is 17.1 Å². The van der Waals surface area contributed by atoms with Crippen LogP contribution in [-0.4, -0.2) is 35.9 Å². The maximum absolute atomic E-state index is 13.2. The van der Waals surface area contributed by atoms with Crippen molar-refractivity contribution in [2.24, 2.45) is 0 Å². The van der Waals surface area contributed by atoms with E-state index in [4.69, 9.17) is 9.47 Å². The molecular formula is C22H25N3O5S. The van der Waals surface area contributed by atoms with E-state index in [2.05, 4.69) is 5.32 Å². The molecule has 0 radical (unpaired) electrons. The monoisotopic (exact) mass is 443 g/mol. The number of fused-ring (bicyclic) bond motifs is 3. The first kappa shape index (κ1) is 21.3. The number of hydrogen-bond donors (Lipinski definition) is 1. The van der Waals surface area contributed by atoms with Crippen LogP contribution in [0.2, 0.25) is 0 Å². The number of benzene rings is 1. The number of carbonyl (C=O) groups excluding carboxylic acids is 1. The summed E-state index contributed by atoms with van der Waals surface area (Å²) in [5.74, 6) is 0.349. The molecule has 0 fully saturated rings. The normalized spacial score (nSPS) is 13.2. The summed E-state index contributed by atoms with van der Waals surface area (Å²) >= 11 is 1.46. The molecule has 0 aliphatic heterocycles. The molecule has 2 aromatic heterocycles. The van der Waals surface area contributed by atoms with E-state index in [1.165, 1.54) is 27.6 Å². The molecule has 1 amide bonds. The molecule has 9 heteroatoms. The molecule has 1 N–H and O–H groups in total. The van der Waals surface area contributed by atoms with E-state index < -0.39 is 5.69 Å². The van der Waals surface area contributed by atoms with Gasteiger partial charge < -0.3 is 14.8 Å². The lowest BCUT2D eigenvalue weighted by atomic mass is 9.97. The third-order valence-electron chi connectivity index (χ3n) is 5.51. The highest BCUT2D eigenvalue weighted by Gasteiger charge is 2.24. The van der Waals surface area contributed by atoms with Crippen LogP contribution < -0.4 is 21.3 Å². The zero-order valence-electron chi connectivity index (χ0n) is 17.6. The van der Waals surface area contributed by atoms with Crippen LogP contribution in [0.5, 0.6) is 5.75 Å². The van der Waals surface area contributed by atoms with Gasteiger partial charge in [-0.05, 0) is 55.5 Å². The number of rotatable bonds is 7. The lowest BCUT2D eigenvalue weighted by molar-refractivity contribution is -0.116. The summed E-state index contributed by atoms with van der Waals surface area (Å²) < 4.78 is 12.8. The van der Waals surface area contributed by atoms with Crippen molar-refractivity contribution in [2.45, 2.75) is 38.8 Å². The van der Waals surface area contributed by atoms with E-state index in [1.54, 1.807) is 31.4 Å². The molecule has 8 nitrogen and oxygen atoms in total. The molecule has 0 atom stereocenters. The van der Waals surface area contributed by atoms with Crippen molar-refractivity contribution in [3.05, 3.63) is 55.5 Å². The number of anilines is 1. The van der Waals surface area contributed by atoms with Gasteiger partial charge in [0.15, 0.2) is 0 Å². The standard InChI is InChI=1S/C22H25N3O5S/c1-29-12-11-24-20(27)19-16-5-3-4-6-17(16)31-21(19)25(22(24)28)13-18(26)23-14-7-9-15(30-2)10-8-14/h7-10H,3-6,11-13H2,1-2H3,(H,23,26). The number of thiophene rings is 1. The van der Waals surface area contributed by atoms with Crippen molar-refractivity contribution < 1.29 is 14.3 Å². The first-order valence-electron chi connectivity index (χ1n) is 10.2. The molecule has 0 saturated heterocycles. The van der Waals surface area contributed by atoms with Crippen molar-refractivity contribution in [1.82, 2.24) is 9.13 Å². The van der Waals surface area contributed by atoms with Crippen LogP contribution in [-0.2, 0) is 35.5 Å². The zero-order chi connectivity index (χ0) is 22.0. The Morgan fingerprint density at radius 3 is 2.55 bits per heavy atom. The summed E-state index contributed by atoms with van der Waals surface area (Å²) in [4.78, 5) is 40.8. The van der Waals surface area contributed by atoms with Gasteiger partial charge >= 0.3 is 5.69 Å². The van der Waals surface area contributed by atoms with Crippen molar-refractivity contribution >= 4 is 33.1 Å². The van der Waals surface area contributed by atoms with Crippen LogP contribution in [0.25, 0.3) is 10.2 Å². The Hall–Kier alpha value is -2.91. The van der Waals surface area contributed by atoms with Gasteiger partial charge in [-0.1, -0.05) is 0 Å². The minimum absolute atomic E-state index is 0.148. The van der Waals surface area contributed by atoms with Crippen LogP contribution in [0.1, 0.15) is 23.3 Å². The van der Waals surface area contributed by atoms with E-state index in [0.717, 1.165) is 36.1 Å². The number of ether oxygens (including phenoxy) is 2. The lowest BCUT2D eigenvalue weighted by Gasteiger charge is -2.13. The SMILES string of the molecule is COCCn1c(=O)c2c3c(sc2n(CC(=O)Nc2ccc(OC)cc2)c1=O)CCCC3. The molecule has 1 aromatic carbocycles. The minimum Gasteiger partial charge on any atom is -0.497 e.